The molecule has 3 heteroatoms. The van der Waals surface area contributed by atoms with Crippen LogP contribution in [0.2, 0.25) is 0 Å². The topological polar surface area (TPSA) is 32.9 Å². The van der Waals surface area contributed by atoms with Crippen LogP contribution in [0.15, 0.2) is 63.9 Å². The molecule has 18 heavy (non-hydrogen) atoms. The first-order chi connectivity index (χ1) is 8.74. The summed E-state index contributed by atoms with van der Waals surface area (Å²) in [4.78, 5) is 14.5. The van der Waals surface area contributed by atoms with E-state index < -0.39 is 0 Å². The zero-order valence-electron chi connectivity index (χ0n) is 9.48. The average Bonchev–Trinajstić information content (AvgIpc) is 2.39. The van der Waals surface area contributed by atoms with Crippen molar-refractivity contribution in [2.24, 2.45) is 0 Å². The molecule has 0 atom stereocenters. The predicted molar refractivity (Wildman–Crippen MR) is 77.7 cm³/mol. The van der Waals surface area contributed by atoms with Crippen molar-refractivity contribution in [2.45, 2.75) is 0 Å². The summed E-state index contributed by atoms with van der Waals surface area (Å²) >= 11 is 3.47. The monoisotopic (exact) mass is 299 g/mol. The third-order valence-corrected chi connectivity index (χ3v) is 3.38. The molecule has 0 bridgehead atoms. The van der Waals surface area contributed by atoms with Crippen LogP contribution < -0.4 is 5.56 Å². The van der Waals surface area contributed by atoms with E-state index in [-0.39, 0.29) is 5.56 Å². The summed E-state index contributed by atoms with van der Waals surface area (Å²) in [5.41, 5.74) is 2.77. The summed E-state index contributed by atoms with van der Waals surface area (Å²) in [6.45, 7) is 0. The molecule has 0 spiro atoms. The molecule has 2 aromatic carbocycles. The standard InChI is InChI=1S/C15H10BrNO/c16-11-6-7-14-13(8-11)12(9-15(18)17-14)10-4-2-1-3-5-10/h1-9H,(H,17,18). The molecular formula is C15H10BrNO. The van der Waals surface area contributed by atoms with Gasteiger partial charge in [-0.3, -0.25) is 4.79 Å². The van der Waals surface area contributed by atoms with Crippen LogP contribution in [0, 0.1) is 0 Å². The second-order valence-corrected chi connectivity index (χ2v) is 5.02. The van der Waals surface area contributed by atoms with Gasteiger partial charge < -0.3 is 4.98 Å². The first-order valence-corrected chi connectivity index (χ1v) is 6.41. The molecule has 88 valence electrons. The SMILES string of the molecule is O=c1cc(-c2ccccc2)c2cc(Br)ccc2[nH]1. The van der Waals surface area contributed by atoms with Crippen molar-refractivity contribution in [2.75, 3.05) is 0 Å². The summed E-state index contributed by atoms with van der Waals surface area (Å²) in [6, 6.07) is 17.4. The zero-order valence-corrected chi connectivity index (χ0v) is 11.1. The number of benzene rings is 2. The van der Waals surface area contributed by atoms with E-state index in [1.165, 1.54) is 0 Å². The number of aromatic amines is 1. The summed E-state index contributed by atoms with van der Waals surface area (Å²) in [6.07, 6.45) is 0. The van der Waals surface area contributed by atoms with E-state index in [9.17, 15) is 4.79 Å². The van der Waals surface area contributed by atoms with Crippen LogP contribution in [-0.2, 0) is 0 Å². The predicted octanol–water partition coefficient (Wildman–Crippen LogP) is 3.96. The highest BCUT2D eigenvalue weighted by Gasteiger charge is 2.05. The fraction of sp³-hybridized carbons (Fsp3) is 0. The molecule has 1 heterocycles. The highest BCUT2D eigenvalue weighted by Crippen LogP contribution is 2.28. The Hall–Kier alpha value is -1.87. The number of H-pyrrole nitrogens is 1. The molecule has 2 nitrogen and oxygen atoms in total. The Morgan fingerprint density at radius 1 is 0.944 bits per heavy atom. The summed E-state index contributed by atoms with van der Waals surface area (Å²) in [5, 5.41) is 1.04. The van der Waals surface area contributed by atoms with Gasteiger partial charge in [0.1, 0.15) is 0 Å². The minimum atomic E-state index is -0.0799. The van der Waals surface area contributed by atoms with Crippen molar-refractivity contribution in [3.8, 4) is 11.1 Å². The van der Waals surface area contributed by atoms with Crippen molar-refractivity contribution < 1.29 is 0 Å². The molecule has 0 amide bonds. The second-order valence-electron chi connectivity index (χ2n) is 4.10. The van der Waals surface area contributed by atoms with Crippen molar-refractivity contribution in [3.63, 3.8) is 0 Å². The van der Waals surface area contributed by atoms with E-state index in [2.05, 4.69) is 20.9 Å². The minimum Gasteiger partial charge on any atom is -0.322 e. The fourth-order valence-corrected chi connectivity index (χ4v) is 2.44. The third-order valence-electron chi connectivity index (χ3n) is 2.89. The maximum atomic E-state index is 11.7. The van der Waals surface area contributed by atoms with E-state index in [1.807, 2.05) is 48.5 Å². The number of halogens is 1. The lowest BCUT2D eigenvalue weighted by molar-refractivity contribution is 1.31. The molecule has 0 fully saturated rings. The molecule has 0 aliphatic carbocycles. The molecule has 3 aromatic rings. The van der Waals surface area contributed by atoms with E-state index >= 15 is 0 Å². The van der Waals surface area contributed by atoms with Crippen LogP contribution in [0.5, 0.6) is 0 Å². The normalized spacial score (nSPS) is 10.7. The van der Waals surface area contributed by atoms with Gasteiger partial charge in [-0.1, -0.05) is 46.3 Å². The van der Waals surface area contributed by atoms with Gasteiger partial charge in [-0.25, -0.2) is 0 Å². The van der Waals surface area contributed by atoms with Gasteiger partial charge in [-0.15, -0.1) is 0 Å². The lowest BCUT2D eigenvalue weighted by Gasteiger charge is -2.06. The summed E-state index contributed by atoms with van der Waals surface area (Å²) in [5.74, 6) is 0. The highest BCUT2D eigenvalue weighted by molar-refractivity contribution is 9.10. The molecular weight excluding hydrogens is 290 g/mol. The van der Waals surface area contributed by atoms with Crippen LogP contribution in [-0.4, -0.2) is 4.98 Å². The maximum Gasteiger partial charge on any atom is 0.249 e. The van der Waals surface area contributed by atoms with Crippen LogP contribution >= 0.6 is 15.9 Å². The molecule has 0 aliphatic heterocycles. The first-order valence-electron chi connectivity index (χ1n) is 5.62. The average molecular weight is 300 g/mol. The molecule has 1 N–H and O–H groups in total. The van der Waals surface area contributed by atoms with E-state index in [4.69, 9.17) is 0 Å². The van der Waals surface area contributed by atoms with E-state index in [0.717, 1.165) is 26.5 Å². The zero-order chi connectivity index (χ0) is 12.5. The summed E-state index contributed by atoms with van der Waals surface area (Å²) < 4.78 is 0.999. The molecule has 0 saturated heterocycles. The lowest BCUT2D eigenvalue weighted by atomic mass is 10.0. The quantitative estimate of drug-likeness (QED) is 0.725. The van der Waals surface area contributed by atoms with Gasteiger partial charge in [0, 0.05) is 21.4 Å². The number of nitrogens with one attached hydrogen (secondary N) is 1. The van der Waals surface area contributed by atoms with Gasteiger partial charge in [0.15, 0.2) is 0 Å². The number of hydrogen-bond acceptors (Lipinski definition) is 1. The van der Waals surface area contributed by atoms with Crippen LogP contribution in [0.1, 0.15) is 0 Å². The van der Waals surface area contributed by atoms with E-state index in [1.54, 1.807) is 6.07 Å². The Kier molecular flexibility index (Phi) is 2.76. The molecule has 0 radical (unpaired) electrons. The van der Waals surface area contributed by atoms with Crippen molar-refractivity contribution in [1.82, 2.24) is 4.98 Å². The third kappa shape index (κ3) is 1.97. The second kappa shape index (κ2) is 4.42. The number of fused-ring (bicyclic) bond motifs is 1. The van der Waals surface area contributed by atoms with Crippen molar-refractivity contribution >= 4 is 26.8 Å². The van der Waals surface area contributed by atoms with Gasteiger partial charge in [0.2, 0.25) is 5.56 Å². The molecule has 0 aliphatic rings. The number of hydrogen-bond donors (Lipinski definition) is 1. The number of rotatable bonds is 1. The Bertz CT molecular complexity index is 762. The Morgan fingerprint density at radius 3 is 2.50 bits per heavy atom. The smallest absolute Gasteiger partial charge is 0.249 e. The van der Waals surface area contributed by atoms with Gasteiger partial charge in [-0.2, -0.15) is 0 Å². The Labute approximate surface area is 112 Å². The van der Waals surface area contributed by atoms with Crippen LogP contribution in [0.25, 0.3) is 22.0 Å². The first kappa shape index (κ1) is 11.2. The molecule has 0 unspecified atom stereocenters. The van der Waals surface area contributed by atoms with Gasteiger partial charge in [0.05, 0.1) is 0 Å². The van der Waals surface area contributed by atoms with E-state index in [0.29, 0.717) is 0 Å². The van der Waals surface area contributed by atoms with Gasteiger partial charge in [0.25, 0.3) is 0 Å². The van der Waals surface area contributed by atoms with Crippen molar-refractivity contribution in [1.29, 1.82) is 0 Å². The van der Waals surface area contributed by atoms with Crippen LogP contribution in [0.3, 0.4) is 0 Å². The molecule has 1 aromatic heterocycles. The fourth-order valence-electron chi connectivity index (χ4n) is 2.08. The molecule has 0 saturated carbocycles. The number of pyridine rings is 1. The number of aromatic nitrogens is 1. The van der Waals surface area contributed by atoms with Crippen LogP contribution in [0.4, 0.5) is 0 Å². The Balaban J connectivity index is 2.41. The lowest BCUT2D eigenvalue weighted by Crippen LogP contribution is -2.04. The maximum absolute atomic E-state index is 11.7. The van der Waals surface area contributed by atoms with Gasteiger partial charge >= 0.3 is 0 Å². The highest BCUT2D eigenvalue weighted by atomic mass is 79.9. The largest absolute Gasteiger partial charge is 0.322 e. The minimum absolute atomic E-state index is 0.0799. The molecule has 3 rings (SSSR count). The Morgan fingerprint density at radius 2 is 1.72 bits per heavy atom. The van der Waals surface area contributed by atoms with Gasteiger partial charge in [-0.05, 0) is 29.3 Å². The van der Waals surface area contributed by atoms with Crippen molar-refractivity contribution in [3.05, 3.63) is 69.4 Å². The summed E-state index contributed by atoms with van der Waals surface area (Å²) in [7, 11) is 0.